The van der Waals surface area contributed by atoms with Gasteiger partial charge in [-0.1, -0.05) is 35.9 Å². The van der Waals surface area contributed by atoms with Gasteiger partial charge < -0.3 is 20.6 Å². The first-order valence-corrected chi connectivity index (χ1v) is 10.6. The Balaban J connectivity index is 1.54. The quantitative estimate of drug-likeness (QED) is 0.498. The van der Waals surface area contributed by atoms with E-state index in [2.05, 4.69) is 44.6 Å². The number of rotatable bonds is 6. The van der Waals surface area contributed by atoms with Crippen molar-refractivity contribution < 1.29 is 5.11 Å². The molecule has 1 unspecified atom stereocenters. The molecule has 1 aliphatic rings. The molecule has 1 fully saturated rings. The summed E-state index contributed by atoms with van der Waals surface area (Å²) >= 11 is 6.17. The van der Waals surface area contributed by atoms with E-state index in [0.29, 0.717) is 16.6 Å². The van der Waals surface area contributed by atoms with E-state index in [1.807, 2.05) is 31.3 Å². The van der Waals surface area contributed by atoms with Gasteiger partial charge in [0.15, 0.2) is 5.96 Å². The minimum absolute atomic E-state index is 0.255. The maximum Gasteiger partial charge on any atom is 0.191 e. The summed E-state index contributed by atoms with van der Waals surface area (Å²) < 4.78 is 0. The molecule has 2 heterocycles. The SMILES string of the molecule is CCNC(=NCC(O)c1ccccc1Cl)NC1CCN(c2ccc(C)cn2)CC1. The summed E-state index contributed by atoms with van der Waals surface area (Å²) in [6.07, 6.45) is 3.20. The number of anilines is 1. The molecule has 0 saturated carbocycles. The monoisotopic (exact) mass is 415 g/mol. The Morgan fingerprint density at radius 3 is 2.69 bits per heavy atom. The summed E-state index contributed by atoms with van der Waals surface area (Å²) in [7, 11) is 0. The summed E-state index contributed by atoms with van der Waals surface area (Å²) in [5.74, 6) is 1.77. The Morgan fingerprint density at radius 2 is 2.03 bits per heavy atom. The third kappa shape index (κ3) is 6.08. The van der Waals surface area contributed by atoms with Crippen LogP contribution < -0.4 is 15.5 Å². The Kier molecular flexibility index (Phi) is 7.72. The number of aliphatic hydroxyl groups is 1. The minimum Gasteiger partial charge on any atom is -0.386 e. The highest BCUT2D eigenvalue weighted by Gasteiger charge is 2.21. The molecule has 1 aliphatic heterocycles. The lowest BCUT2D eigenvalue weighted by atomic mass is 10.1. The number of hydrogen-bond donors (Lipinski definition) is 3. The fourth-order valence-electron chi connectivity index (χ4n) is 3.43. The lowest BCUT2D eigenvalue weighted by molar-refractivity contribution is 0.187. The van der Waals surface area contributed by atoms with Crippen LogP contribution >= 0.6 is 11.6 Å². The molecule has 1 saturated heterocycles. The number of piperidine rings is 1. The van der Waals surface area contributed by atoms with Gasteiger partial charge in [-0.3, -0.25) is 4.99 Å². The molecular weight excluding hydrogens is 386 g/mol. The maximum absolute atomic E-state index is 10.4. The lowest BCUT2D eigenvalue weighted by Crippen LogP contribution is -2.49. The Morgan fingerprint density at radius 1 is 1.28 bits per heavy atom. The minimum atomic E-state index is -0.728. The number of hydrogen-bond acceptors (Lipinski definition) is 4. The number of aryl methyl sites for hydroxylation is 1. The summed E-state index contributed by atoms with van der Waals surface area (Å²) in [4.78, 5) is 11.4. The van der Waals surface area contributed by atoms with Gasteiger partial charge in [0.1, 0.15) is 11.9 Å². The van der Waals surface area contributed by atoms with Crippen LogP contribution in [0.2, 0.25) is 5.02 Å². The molecule has 1 atom stereocenters. The molecule has 0 radical (unpaired) electrons. The van der Waals surface area contributed by atoms with Gasteiger partial charge in [-0.15, -0.1) is 0 Å². The van der Waals surface area contributed by atoms with E-state index in [4.69, 9.17) is 11.6 Å². The number of halogens is 1. The highest BCUT2D eigenvalue weighted by Crippen LogP contribution is 2.22. The van der Waals surface area contributed by atoms with Crippen LogP contribution in [0.5, 0.6) is 0 Å². The molecule has 3 N–H and O–H groups in total. The predicted octanol–water partition coefficient (Wildman–Crippen LogP) is 3.30. The fraction of sp³-hybridized carbons (Fsp3) is 0.455. The van der Waals surface area contributed by atoms with E-state index in [1.54, 1.807) is 6.07 Å². The standard InChI is InChI=1S/C22H30ClN5O/c1-3-24-22(26-15-20(29)18-6-4-5-7-19(18)23)27-17-10-12-28(13-11-17)21-9-8-16(2)14-25-21/h4-9,14,17,20,29H,3,10-13,15H2,1-2H3,(H2,24,26,27). The number of benzene rings is 1. The number of aliphatic imine (C=N–C) groups is 1. The zero-order chi connectivity index (χ0) is 20.6. The first kappa shape index (κ1) is 21.4. The van der Waals surface area contributed by atoms with Crippen molar-refractivity contribution in [2.45, 2.75) is 38.8 Å². The molecule has 0 amide bonds. The van der Waals surface area contributed by atoms with Crippen LogP contribution in [-0.4, -0.2) is 48.3 Å². The molecule has 156 valence electrons. The molecule has 0 spiro atoms. The highest BCUT2D eigenvalue weighted by molar-refractivity contribution is 6.31. The Hall–Kier alpha value is -2.31. The average molecular weight is 416 g/mol. The number of guanidine groups is 1. The van der Waals surface area contributed by atoms with Crippen LogP contribution in [0.25, 0.3) is 0 Å². The van der Waals surface area contributed by atoms with Gasteiger partial charge in [-0.05, 0) is 44.4 Å². The van der Waals surface area contributed by atoms with Crippen LogP contribution in [0.4, 0.5) is 5.82 Å². The van der Waals surface area contributed by atoms with Gasteiger partial charge in [0, 0.05) is 42.5 Å². The highest BCUT2D eigenvalue weighted by atomic mass is 35.5. The number of aromatic nitrogens is 1. The van der Waals surface area contributed by atoms with Gasteiger partial charge in [0.25, 0.3) is 0 Å². The van der Waals surface area contributed by atoms with E-state index in [0.717, 1.165) is 44.3 Å². The summed E-state index contributed by atoms with van der Waals surface area (Å²) in [6, 6.07) is 11.9. The molecule has 0 bridgehead atoms. The molecule has 29 heavy (non-hydrogen) atoms. The van der Waals surface area contributed by atoms with Crippen molar-refractivity contribution >= 4 is 23.4 Å². The zero-order valence-electron chi connectivity index (χ0n) is 17.1. The molecule has 1 aromatic heterocycles. The van der Waals surface area contributed by atoms with E-state index >= 15 is 0 Å². The summed E-state index contributed by atoms with van der Waals surface area (Å²) in [5.41, 5.74) is 1.88. The summed E-state index contributed by atoms with van der Waals surface area (Å²) in [6.45, 7) is 7.01. The zero-order valence-corrected chi connectivity index (χ0v) is 17.9. The molecule has 6 nitrogen and oxygen atoms in total. The van der Waals surface area contributed by atoms with Crippen LogP contribution in [0.15, 0.2) is 47.6 Å². The van der Waals surface area contributed by atoms with Gasteiger partial charge >= 0.3 is 0 Å². The van der Waals surface area contributed by atoms with Crippen molar-refractivity contribution in [3.8, 4) is 0 Å². The molecule has 3 rings (SSSR count). The molecular formula is C22H30ClN5O. The molecule has 1 aromatic carbocycles. The van der Waals surface area contributed by atoms with Crippen LogP contribution in [0.1, 0.15) is 37.0 Å². The predicted molar refractivity (Wildman–Crippen MR) is 120 cm³/mol. The third-order valence-corrected chi connectivity index (χ3v) is 5.43. The lowest BCUT2D eigenvalue weighted by Gasteiger charge is -2.34. The van der Waals surface area contributed by atoms with Crippen molar-refractivity contribution in [1.82, 2.24) is 15.6 Å². The topological polar surface area (TPSA) is 72.8 Å². The first-order chi connectivity index (χ1) is 14.1. The van der Waals surface area contributed by atoms with Crippen LogP contribution in [0.3, 0.4) is 0 Å². The number of aliphatic hydroxyl groups excluding tert-OH is 1. The second-order valence-electron chi connectivity index (χ2n) is 7.36. The molecule has 0 aliphatic carbocycles. The third-order valence-electron chi connectivity index (χ3n) is 5.09. The van der Waals surface area contributed by atoms with Crippen molar-refractivity contribution in [1.29, 1.82) is 0 Å². The van der Waals surface area contributed by atoms with Crippen molar-refractivity contribution in [2.24, 2.45) is 4.99 Å². The fourth-order valence-corrected chi connectivity index (χ4v) is 3.70. The molecule has 7 heteroatoms. The molecule has 2 aromatic rings. The van der Waals surface area contributed by atoms with Crippen molar-refractivity contribution in [3.05, 3.63) is 58.7 Å². The second-order valence-corrected chi connectivity index (χ2v) is 7.76. The first-order valence-electron chi connectivity index (χ1n) is 10.2. The van der Waals surface area contributed by atoms with E-state index < -0.39 is 6.10 Å². The number of pyridine rings is 1. The van der Waals surface area contributed by atoms with Gasteiger partial charge in [-0.2, -0.15) is 0 Å². The van der Waals surface area contributed by atoms with Gasteiger partial charge in [0.2, 0.25) is 0 Å². The Bertz CT molecular complexity index is 803. The average Bonchev–Trinajstić information content (AvgIpc) is 2.73. The largest absolute Gasteiger partial charge is 0.386 e. The van der Waals surface area contributed by atoms with Gasteiger partial charge in [0.05, 0.1) is 6.54 Å². The smallest absolute Gasteiger partial charge is 0.191 e. The van der Waals surface area contributed by atoms with Crippen LogP contribution in [-0.2, 0) is 0 Å². The Labute approximate surface area is 178 Å². The van der Waals surface area contributed by atoms with E-state index in [-0.39, 0.29) is 6.54 Å². The number of nitrogens with one attached hydrogen (secondary N) is 2. The van der Waals surface area contributed by atoms with Crippen molar-refractivity contribution in [2.75, 3.05) is 31.1 Å². The van der Waals surface area contributed by atoms with Crippen LogP contribution in [0, 0.1) is 6.92 Å². The summed E-state index contributed by atoms with van der Waals surface area (Å²) in [5, 5.41) is 17.8. The maximum atomic E-state index is 10.4. The second kappa shape index (κ2) is 10.5. The normalized spacial score (nSPS) is 16.6. The van der Waals surface area contributed by atoms with Crippen molar-refractivity contribution in [3.63, 3.8) is 0 Å². The van der Waals surface area contributed by atoms with Gasteiger partial charge in [-0.25, -0.2) is 4.98 Å². The van der Waals surface area contributed by atoms with E-state index in [1.165, 1.54) is 5.56 Å². The number of nitrogens with zero attached hydrogens (tertiary/aromatic N) is 3. The van der Waals surface area contributed by atoms with E-state index in [9.17, 15) is 5.11 Å².